The lowest BCUT2D eigenvalue weighted by atomic mass is 9.92. The number of aliphatic hydroxyl groups excluding tert-OH is 1. The van der Waals surface area contributed by atoms with Crippen molar-refractivity contribution in [3.63, 3.8) is 0 Å². The normalized spacial score (nSPS) is 20.0. The second-order valence-corrected chi connectivity index (χ2v) is 6.07. The standard InChI is InChI=1S/C18H18N4O4/c1-11-15(24)14(12(10-23)8-19-11)9-20-22-16(25)18(2,21-17(22)26)13-6-4-3-5-7-13/h3-9,23-24H,10H2,1-2H3,(H,21,26)/b20-9+/t18-/m1/s1. The number of nitrogens with zero attached hydrogens (tertiary/aromatic N) is 3. The van der Waals surface area contributed by atoms with Crippen molar-refractivity contribution in [3.8, 4) is 5.75 Å². The molecule has 3 rings (SSSR count). The van der Waals surface area contributed by atoms with E-state index in [0.29, 0.717) is 21.8 Å². The van der Waals surface area contributed by atoms with Gasteiger partial charge >= 0.3 is 6.03 Å². The number of imide groups is 1. The summed E-state index contributed by atoms with van der Waals surface area (Å²) in [5, 5.41) is 26.8. The van der Waals surface area contributed by atoms with Crippen molar-refractivity contribution < 1.29 is 19.8 Å². The highest BCUT2D eigenvalue weighted by atomic mass is 16.3. The summed E-state index contributed by atoms with van der Waals surface area (Å²) in [4.78, 5) is 29.0. The van der Waals surface area contributed by atoms with Crippen LogP contribution >= 0.6 is 0 Å². The Labute approximate surface area is 149 Å². The Bertz CT molecular complexity index is 898. The number of hydrazone groups is 1. The van der Waals surface area contributed by atoms with Crippen molar-refractivity contribution in [3.05, 3.63) is 58.9 Å². The van der Waals surface area contributed by atoms with Gasteiger partial charge in [0.25, 0.3) is 5.91 Å². The topological polar surface area (TPSA) is 115 Å². The van der Waals surface area contributed by atoms with E-state index in [-0.39, 0.29) is 17.9 Å². The molecule has 0 spiro atoms. The lowest BCUT2D eigenvalue weighted by Gasteiger charge is -2.21. The Morgan fingerprint density at radius 3 is 2.65 bits per heavy atom. The molecule has 2 aromatic rings. The molecule has 1 atom stereocenters. The largest absolute Gasteiger partial charge is 0.505 e. The number of aliphatic hydroxyl groups is 1. The minimum atomic E-state index is -1.23. The second kappa shape index (κ2) is 6.57. The van der Waals surface area contributed by atoms with Gasteiger partial charge in [-0.1, -0.05) is 30.3 Å². The van der Waals surface area contributed by atoms with Crippen LogP contribution in [0.15, 0.2) is 41.6 Å². The molecule has 0 saturated carbocycles. The predicted octanol–water partition coefficient (Wildman–Crippen LogP) is 1.39. The number of aryl methyl sites for hydroxylation is 1. The molecule has 2 heterocycles. The summed E-state index contributed by atoms with van der Waals surface area (Å²) in [5.41, 5.74) is 0.277. The van der Waals surface area contributed by atoms with Crippen LogP contribution in [0.2, 0.25) is 0 Å². The fraction of sp³-hybridized carbons (Fsp3) is 0.222. The summed E-state index contributed by atoms with van der Waals surface area (Å²) in [6.45, 7) is 2.82. The number of hydrogen-bond donors (Lipinski definition) is 3. The molecular weight excluding hydrogens is 336 g/mol. The molecule has 3 N–H and O–H groups in total. The van der Waals surface area contributed by atoms with Crippen LogP contribution in [0.3, 0.4) is 0 Å². The van der Waals surface area contributed by atoms with Gasteiger partial charge in [-0.3, -0.25) is 9.78 Å². The minimum Gasteiger partial charge on any atom is -0.505 e. The Balaban J connectivity index is 1.95. The van der Waals surface area contributed by atoms with Crippen molar-refractivity contribution in [2.24, 2.45) is 5.10 Å². The van der Waals surface area contributed by atoms with E-state index in [1.165, 1.54) is 12.4 Å². The summed E-state index contributed by atoms with van der Waals surface area (Å²) in [7, 11) is 0. The van der Waals surface area contributed by atoms with E-state index in [1.807, 2.05) is 6.07 Å². The zero-order valence-corrected chi connectivity index (χ0v) is 14.3. The van der Waals surface area contributed by atoms with Gasteiger partial charge in [0.1, 0.15) is 11.3 Å². The highest BCUT2D eigenvalue weighted by molar-refractivity contribution is 6.07. The van der Waals surface area contributed by atoms with Crippen molar-refractivity contribution in [1.82, 2.24) is 15.3 Å². The van der Waals surface area contributed by atoms with Gasteiger partial charge in [-0.05, 0) is 19.4 Å². The SMILES string of the molecule is Cc1ncc(CO)c(/C=N/N2C(=O)N[C@](C)(c3ccccc3)C2=O)c1O. The number of nitrogens with one attached hydrogen (secondary N) is 1. The van der Waals surface area contributed by atoms with E-state index < -0.39 is 17.5 Å². The van der Waals surface area contributed by atoms with Gasteiger partial charge < -0.3 is 15.5 Å². The quantitative estimate of drug-likeness (QED) is 0.567. The van der Waals surface area contributed by atoms with E-state index in [2.05, 4.69) is 15.4 Å². The average molecular weight is 354 g/mol. The first-order chi connectivity index (χ1) is 12.4. The molecule has 0 unspecified atom stereocenters. The van der Waals surface area contributed by atoms with Crippen molar-refractivity contribution in [2.75, 3.05) is 0 Å². The Kier molecular flexibility index (Phi) is 4.43. The Hall–Kier alpha value is -3.26. The van der Waals surface area contributed by atoms with E-state index in [1.54, 1.807) is 38.1 Å². The number of urea groups is 1. The lowest BCUT2D eigenvalue weighted by molar-refractivity contribution is -0.131. The monoisotopic (exact) mass is 354 g/mol. The summed E-state index contributed by atoms with van der Waals surface area (Å²) in [6, 6.07) is 8.18. The third-order valence-electron chi connectivity index (χ3n) is 4.35. The number of carbonyl (C=O) groups is 2. The maximum Gasteiger partial charge on any atom is 0.346 e. The third kappa shape index (κ3) is 2.80. The molecule has 1 aromatic heterocycles. The summed E-state index contributed by atoms with van der Waals surface area (Å²) < 4.78 is 0. The predicted molar refractivity (Wildman–Crippen MR) is 93.3 cm³/mol. The molecule has 134 valence electrons. The number of aromatic hydroxyl groups is 1. The number of benzene rings is 1. The molecule has 0 radical (unpaired) electrons. The summed E-state index contributed by atoms with van der Waals surface area (Å²) in [5.74, 6) is -0.709. The molecule has 1 saturated heterocycles. The molecular formula is C18H18N4O4. The maximum absolute atomic E-state index is 12.8. The van der Waals surface area contributed by atoms with Gasteiger partial charge in [0.15, 0.2) is 0 Å². The van der Waals surface area contributed by atoms with Gasteiger partial charge in [0.2, 0.25) is 0 Å². The summed E-state index contributed by atoms with van der Waals surface area (Å²) in [6.07, 6.45) is 2.57. The van der Waals surface area contributed by atoms with E-state index in [4.69, 9.17) is 0 Å². The zero-order valence-electron chi connectivity index (χ0n) is 14.3. The Morgan fingerprint density at radius 2 is 2.00 bits per heavy atom. The fourth-order valence-corrected chi connectivity index (χ4v) is 2.73. The van der Waals surface area contributed by atoms with Gasteiger partial charge in [-0.2, -0.15) is 5.10 Å². The first-order valence-electron chi connectivity index (χ1n) is 7.93. The first-order valence-corrected chi connectivity index (χ1v) is 7.93. The average Bonchev–Trinajstić information content (AvgIpc) is 2.87. The van der Waals surface area contributed by atoms with Crippen molar-refractivity contribution in [1.29, 1.82) is 0 Å². The highest BCUT2D eigenvalue weighted by Crippen LogP contribution is 2.29. The molecule has 1 aliphatic heterocycles. The second-order valence-electron chi connectivity index (χ2n) is 6.07. The van der Waals surface area contributed by atoms with Crippen LogP contribution in [0, 0.1) is 6.92 Å². The number of hydrogen-bond acceptors (Lipinski definition) is 6. The van der Waals surface area contributed by atoms with Crippen LogP contribution < -0.4 is 5.32 Å². The maximum atomic E-state index is 12.8. The molecule has 26 heavy (non-hydrogen) atoms. The van der Waals surface area contributed by atoms with Crippen molar-refractivity contribution in [2.45, 2.75) is 26.0 Å². The van der Waals surface area contributed by atoms with E-state index in [0.717, 1.165) is 0 Å². The van der Waals surface area contributed by atoms with Gasteiger partial charge in [0.05, 0.1) is 18.5 Å². The van der Waals surface area contributed by atoms with Crippen molar-refractivity contribution >= 4 is 18.2 Å². The van der Waals surface area contributed by atoms with Crippen LogP contribution in [-0.2, 0) is 16.9 Å². The zero-order chi connectivity index (χ0) is 18.9. The van der Waals surface area contributed by atoms with E-state index >= 15 is 0 Å². The van der Waals surface area contributed by atoms with Gasteiger partial charge in [-0.15, -0.1) is 5.01 Å². The molecule has 1 aliphatic rings. The van der Waals surface area contributed by atoms with Crippen LogP contribution in [0.5, 0.6) is 5.75 Å². The highest BCUT2D eigenvalue weighted by Gasteiger charge is 2.49. The van der Waals surface area contributed by atoms with E-state index in [9.17, 15) is 19.8 Å². The number of pyridine rings is 1. The number of rotatable bonds is 4. The molecule has 1 aromatic carbocycles. The molecule has 8 nitrogen and oxygen atoms in total. The third-order valence-corrected chi connectivity index (χ3v) is 4.35. The van der Waals surface area contributed by atoms with Gasteiger partial charge in [0, 0.05) is 17.3 Å². The van der Waals surface area contributed by atoms with Gasteiger partial charge in [-0.25, -0.2) is 4.79 Å². The molecule has 1 fully saturated rings. The molecule has 3 amide bonds. The van der Waals surface area contributed by atoms with Crippen LogP contribution in [0.4, 0.5) is 4.79 Å². The van der Waals surface area contributed by atoms with Crippen LogP contribution in [-0.4, -0.2) is 38.4 Å². The first kappa shape index (κ1) is 17.6. The number of aromatic nitrogens is 1. The minimum absolute atomic E-state index is 0.168. The summed E-state index contributed by atoms with van der Waals surface area (Å²) >= 11 is 0. The molecule has 0 bridgehead atoms. The fourth-order valence-electron chi connectivity index (χ4n) is 2.73. The smallest absolute Gasteiger partial charge is 0.346 e. The number of amides is 3. The lowest BCUT2D eigenvalue weighted by Crippen LogP contribution is -2.40. The molecule has 0 aliphatic carbocycles. The number of carbonyl (C=O) groups excluding carboxylic acids is 2. The molecule has 8 heteroatoms. The van der Waals surface area contributed by atoms with Crippen LogP contribution in [0.25, 0.3) is 0 Å². The van der Waals surface area contributed by atoms with Crippen LogP contribution in [0.1, 0.15) is 29.3 Å². The Morgan fingerprint density at radius 1 is 1.31 bits per heavy atom.